The average Bonchev–Trinajstić information content (AvgIpc) is 2.97. The molecule has 0 amide bonds. The van der Waals surface area contributed by atoms with E-state index in [9.17, 15) is 4.79 Å². The van der Waals surface area contributed by atoms with Crippen LogP contribution in [-0.2, 0) is 6.54 Å². The summed E-state index contributed by atoms with van der Waals surface area (Å²) in [6.45, 7) is 7.66. The van der Waals surface area contributed by atoms with Crippen molar-refractivity contribution in [2.75, 3.05) is 13.1 Å². The summed E-state index contributed by atoms with van der Waals surface area (Å²) in [5.74, 6) is 0.619. The third-order valence-electron chi connectivity index (χ3n) is 4.02. The van der Waals surface area contributed by atoms with Crippen molar-refractivity contribution in [1.29, 1.82) is 0 Å². The Kier molecular flexibility index (Phi) is 3.46. The molecule has 0 unspecified atom stereocenters. The molecule has 0 aliphatic carbocycles. The summed E-state index contributed by atoms with van der Waals surface area (Å²) in [5, 5.41) is 0.867. The van der Waals surface area contributed by atoms with Gasteiger partial charge in [-0.25, -0.2) is 0 Å². The minimum absolute atomic E-state index is 0.184. The third kappa shape index (κ3) is 2.47. The second-order valence-corrected chi connectivity index (χ2v) is 6.76. The van der Waals surface area contributed by atoms with Crippen LogP contribution in [0.5, 0.6) is 0 Å². The Bertz CT molecular complexity index is 628. The molecule has 1 aliphatic heterocycles. The molecule has 4 heteroatoms. The Morgan fingerprint density at radius 1 is 1.37 bits per heavy atom. The average molecular weight is 276 g/mol. The van der Waals surface area contributed by atoms with Gasteiger partial charge >= 0.3 is 0 Å². The normalized spacial score (nSPS) is 20.7. The van der Waals surface area contributed by atoms with Gasteiger partial charge in [-0.2, -0.15) is 0 Å². The van der Waals surface area contributed by atoms with Crippen molar-refractivity contribution in [3.05, 3.63) is 34.6 Å². The van der Waals surface area contributed by atoms with Crippen molar-refractivity contribution in [2.24, 2.45) is 5.92 Å². The first-order valence-electron chi connectivity index (χ1n) is 6.98. The van der Waals surface area contributed by atoms with Gasteiger partial charge in [0, 0.05) is 19.1 Å². The molecule has 1 aromatic carbocycles. The van der Waals surface area contributed by atoms with Gasteiger partial charge in [0.15, 0.2) is 0 Å². The summed E-state index contributed by atoms with van der Waals surface area (Å²) in [6.07, 6.45) is 1.21. The van der Waals surface area contributed by atoms with Crippen LogP contribution in [0.15, 0.2) is 29.1 Å². The van der Waals surface area contributed by atoms with E-state index in [4.69, 9.17) is 0 Å². The molecular formula is C15H20N2OS. The Morgan fingerprint density at radius 2 is 2.16 bits per heavy atom. The highest BCUT2D eigenvalue weighted by atomic mass is 32.1. The Balaban J connectivity index is 1.79. The molecular weight excluding hydrogens is 256 g/mol. The van der Waals surface area contributed by atoms with E-state index in [1.807, 2.05) is 28.2 Å². The number of hydrogen-bond donors (Lipinski definition) is 0. The van der Waals surface area contributed by atoms with Crippen LogP contribution < -0.4 is 5.56 Å². The van der Waals surface area contributed by atoms with Crippen LogP contribution in [0.4, 0.5) is 0 Å². The molecule has 1 atom stereocenters. The molecule has 1 aliphatic rings. The summed E-state index contributed by atoms with van der Waals surface area (Å²) in [7, 11) is 0. The Labute approximate surface area is 117 Å². The van der Waals surface area contributed by atoms with Gasteiger partial charge in [0.2, 0.25) is 0 Å². The molecule has 0 radical (unpaired) electrons. The van der Waals surface area contributed by atoms with Crippen molar-refractivity contribution in [1.82, 2.24) is 8.86 Å². The minimum atomic E-state index is 0.184. The summed E-state index contributed by atoms with van der Waals surface area (Å²) in [5.41, 5.74) is 0.184. The predicted octanol–water partition coefficient (Wildman–Crippen LogP) is 2.79. The van der Waals surface area contributed by atoms with E-state index in [0.29, 0.717) is 12.0 Å². The molecule has 0 spiro atoms. The molecule has 0 N–H and O–H groups in total. The van der Waals surface area contributed by atoms with E-state index in [1.54, 1.807) is 11.5 Å². The highest BCUT2D eigenvalue weighted by Gasteiger charge is 2.25. The summed E-state index contributed by atoms with van der Waals surface area (Å²) in [4.78, 5) is 14.8. The van der Waals surface area contributed by atoms with Crippen LogP contribution in [0.3, 0.4) is 0 Å². The lowest BCUT2D eigenvalue weighted by Gasteiger charge is -2.20. The second-order valence-electron chi connectivity index (χ2n) is 5.70. The zero-order chi connectivity index (χ0) is 13.4. The molecule has 3 nitrogen and oxygen atoms in total. The third-order valence-corrected chi connectivity index (χ3v) is 5.11. The van der Waals surface area contributed by atoms with E-state index in [1.165, 1.54) is 13.0 Å². The largest absolute Gasteiger partial charge is 0.301 e. The lowest BCUT2D eigenvalue weighted by molar-refractivity contribution is 0.261. The Morgan fingerprint density at radius 3 is 2.84 bits per heavy atom. The van der Waals surface area contributed by atoms with Crippen LogP contribution >= 0.6 is 11.5 Å². The van der Waals surface area contributed by atoms with Crippen molar-refractivity contribution < 1.29 is 0 Å². The van der Waals surface area contributed by atoms with Crippen molar-refractivity contribution in [3.63, 3.8) is 0 Å². The fourth-order valence-corrected chi connectivity index (χ4v) is 3.95. The van der Waals surface area contributed by atoms with Gasteiger partial charge in [-0.15, -0.1) is 0 Å². The molecule has 0 bridgehead atoms. The van der Waals surface area contributed by atoms with Gasteiger partial charge in [-0.05, 0) is 44.9 Å². The first kappa shape index (κ1) is 12.9. The zero-order valence-electron chi connectivity index (χ0n) is 11.5. The van der Waals surface area contributed by atoms with Crippen LogP contribution in [0.1, 0.15) is 20.3 Å². The first-order chi connectivity index (χ1) is 9.15. The molecule has 2 aromatic rings. The van der Waals surface area contributed by atoms with Crippen molar-refractivity contribution in [2.45, 2.75) is 32.9 Å². The van der Waals surface area contributed by atoms with Crippen LogP contribution in [-0.4, -0.2) is 28.0 Å². The lowest BCUT2D eigenvalue weighted by Crippen LogP contribution is -2.29. The molecule has 19 heavy (non-hydrogen) atoms. The van der Waals surface area contributed by atoms with Gasteiger partial charge in [0.1, 0.15) is 0 Å². The van der Waals surface area contributed by atoms with Crippen molar-refractivity contribution >= 4 is 21.6 Å². The molecule has 2 heterocycles. The van der Waals surface area contributed by atoms with Gasteiger partial charge in [-0.1, -0.05) is 23.7 Å². The lowest BCUT2D eigenvalue weighted by atomic mass is 10.1. The number of benzene rings is 1. The quantitative estimate of drug-likeness (QED) is 0.861. The van der Waals surface area contributed by atoms with E-state index < -0.39 is 0 Å². The molecule has 1 aromatic heterocycles. The number of hydrogen-bond acceptors (Lipinski definition) is 3. The van der Waals surface area contributed by atoms with E-state index in [-0.39, 0.29) is 5.56 Å². The first-order valence-corrected chi connectivity index (χ1v) is 7.75. The molecule has 1 saturated heterocycles. The van der Waals surface area contributed by atoms with Gasteiger partial charge in [0.25, 0.3) is 5.56 Å². The maximum atomic E-state index is 12.3. The van der Waals surface area contributed by atoms with E-state index in [0.717, 1.165) is 23.2 Å². The fourth-order valence-electron chi connectivity index (χ4n) is 2.85. The topological polar surface area (TPSA) is 25.2 Å². The zero-order valence-corrected chi connectivity index (χ0v) is 12.3. The number of rotatable bonds is 3. The van der Waals surface area contributed by atoms with E-state index in [2.05, 4.69) is 18.7 Å². The highest BCUT2D eigenvalue weighted by molar-refractivity contribution is 7.13. The fraction of sp³-hybridized carbons (Fsp3) is 0.533. The Hall–Kier alpha value is -1.13. The number of nitrogens with zero attached hydrogens (tertiary/aromatic N) is 2. The van der Waals surface area contributed by atoms with E-state index >= 15 is 0 Å². The monoisotopic (exact) mass is 276 g/mol. The van der Waals surface area contributed by atoms with Crippen molar-refractivity contribution in [3.8, 4) is 0 Å². The number of fused-ring (bicyclic) bond motifs is 1. The van der Waals surface area contributed by atoms with Gasteiger partial charge in [-0.3, -0.25) is 8.75 Å². The predicted molar refractivity (Wildman–Crippen MR) is 80.9 cm³/mol. The highest BCUT2D eigenvalue weighted by Crippen LogP contribution is 2.22. The molecule has 102 valence electrons. The summed E-state index contributed by atoms with van der Waals surface area (Å²) < 4.78 is 3.05. The summed E-state index contributed by atoms with van der Waals surface area (Å²) >= 11 is 1.61. The van der Waals surface area contributed by atoms with Crippen LogP contribution in [0, 0.1) is 5.92 Å². The smallest absolute Gasteiger partial charge is 0.268 e. The maximum Gasteiger partial charge on any atom is 0.268 e. The number of likely N-dealkylation sites (tertiary alicyclic amines) is 1. The van der Waals surface area contributed by atoms with Gasteiger partial charge in [0.05, 0.1) is 10.1 Å². The standard InChI is InChI=1S/C15H20N2OS/c1-11(2)16-8-7-12(9-16)10-17-15(18)13-5-3-4-6-14(13)19-17/h3-6,11-12H,7-10H2,1-2H3/t12-/m1/s1. The van der Waals surface area contributed by atoms with Crippen LogP contribution in [0.25, 0.3) is 10.1 Å². The second kappa shape index (κ2) is 5.10. The minimum Gasteiger partial charge on any atom is -0.301 e. The maximum absolute atomic E-state index is 12.3. The van der Waals surface area contributed by atoms with Crippen LogP contribution in [0.2, 0.25) is 0 Å². The molecule has 0 saturated carbocycles. The summed E-state index contributed by atoms with van der Waals surface area (Å²) in [6, 6.07) is 8.52. The van der Waals surface area contributed by atoms with Gasteiger partial charge < -0.3 is 4.90 Å². The molecule has 1 fully saturated rings. The SMILES string of the molecule is CC(C)N1CC[C@@H](Cn2sc3ccccc3c2=O)C1. The number of aromatic nitrogens is 1. The molecule has 3 rings (SSSR count).